The van der Waals surface area contributed by atoms with Crippen molar-refractivity contribution >= 4 is 0 Å². The highest BCUT2D eigenvalue weighted by atomic mass is 19.1. The van der Waals surface area contributed by atoms with E-state index in [0.717, 1.165) is 38.3 Å². The highest BCUT2D eigenvalue weighted by Crippen LogP contribution is 2.25. The zero-order chi connectivity index (χ0) is 12.1. The number of hydrogen-bond donors (Lipinski definition) is 0. The highest BCUT2D eigenvalue weighted by Gasteiger charge is 2.22. The van der Waals surface area contributed by atoms with Crippen molar-refractivity contribution in [3.05, 3.63) is 35.6 Å². The van der Waals surface area contributed by atoms with Crippen LogP contribution in [0.5, 0.6) is 0 Å². The Bertz CT molecular complexity index is 353. The predicted octanol–water partition coefficient (Wildman–Crippen LogP) is 1.87. The normalized spacial score (nSPS) is 19.2. The summed E-state index contributed by atoms with van der Waals surface area (Å²) in [5.74, 6) is -0.203. The summed E-state index contributed by atoms with van der Waals surface area (Å²) in [5.41, 5.74) is 8.37. The average Bonchev–Trinajstić information content (AvgIpc) is 2.37. The Morgan fingerprint density at radius 3 is 2.76 bits per heavy atom. The first kappa shape index (κ1) is 12.5. The smallest absolute Gasteiger partial charge is 0.123 e. The van der Waals surface area contributed by atoms with Crippen molar-refractivity contribution in [2.75, 3.05) is 32.8 Å². The van der Waals surface area contributed by atoms with Gasteiger partial charge in [-0.25, -0.2) is 4.39 Å². The standard InChI is InChI=1S/C13H18FN2O/c14-12-3-1-2-11(10-12)13(4-5-15)16-6-8-17-9-7-16/h1-3,10,13,15H,4-9H2. The van der Waals surface area contributed by atoms with Gasteiger partial charge in [-0.3, -0.25) is 10.6 Å². The third kappa shape index (κ3) is 3.25. The van der Waals surface area contributed by atoms with Crippen molar-refractivity contribution in [1.82, 2.24) is 10.6 Å². The summed E-state index contributed by atoms with van der Waals surface area (Å²) in [6, 6.07) is 6.86. The van der Waals surface area contributed by atoms with E-state index in [9.17, 15) is 4.39 Å². The van der Waals surface area contributed by atoms with Gasteiger partial charge in [0, 0.05) is 25.7 Å². The third-order valence-corrected chi connectivity index (χ3v) is 3.14. The average molecular weight is 237 g/mol. The Kier molecular flexibility index (Phi) is 4.48. The van der Waals surface area contributed by atoms with Crippen LogP contribution in [0, 0.1) is 5.82 Å². The van der Waals surface area contributed by atoms with Gasteiger partial charge in [-0.15, -0.1) is 0 Å². The molecule has 0 bridgehead atoms. The van der Waals surface area contributed by atoms with Crippen LogP contribution >= 0.6 is 0 Å². The number of nitrogens with zero attached hydrogens (tertiary/aromatic N) is 1. The molecule has 3 nitrogen and oxygen atoms in total. The molecule has 4 heteroatoms. The fourth-order valence-electron chi connectivity index (χ4n) is 2.30. The van der Waals surface area contributed by atoms with E-state index in [2.05, 4.69) is 4.90 Å². The van der Waals surface area contributed by atoms with Crippen LogP contribution in [0.1, 0.15) is 18.0 Å². The molecule has 1 aliphatic rings. The first-order valence-corrected chi connectivity index (χ1v) is 6.03. The van der Waals surface area contributed by atoms with E-state index in [0.29, 0.717) is 6.54 Å². The minimum atomic E-state index is -0.203. The van der Waals surface area contributed by atoms with Gasteiger partial charge >= 0.3 is 0 Å². The zero-order valence-electron chi connectivity index (χ0n) is 9.86. The van der Waals surface area contributed by atoms with E-state index in [1.165, 1.54) is 6.07 Å². The topological polar surface area (TPSA) is 36.3 Å². The molecule has 1 saturated heterocycles. The monoisotopic (exact) mass is 237 g/mol. The van der Waals surface area contributed by atoms with Gasteiger partial charge in [-0.05, 0) is 24.1 Å². The molecule has 1 aromatic carbocycles. The minimum Gasteiger partial charge on any atom is -0.379 e. The Hall–Kier alpha value is -0.970. The molecular formula is C13H18FN2O. The van der Waals surface area contributed by atoms with E-state index in [4.69, 9.17) is 10.5 Å². The second-order valence-electron chi connectivity index (χ2n) is 4.26. The fraction of sp³-hybridized carbons (Fsp3) is 0.538. The van der Waals surface area contributed by atoms with E-state index in [1.54, 1.807) is 12.1 Å². The van der Waals surface area contributed by atoms with E-state index in [1.807, 2.05) is 6.07 Å². The van der Waals surface area contributed by atoms with Gasteiger partial charge in [-0.1, -0.05) is 12.1 Å². The van der Waals surface area contributed by atoms with Crippen LogP contribution in [-0.4, -0.2) is 37.7 Å². The van der Waals surface area contributed by atoms with Crippen LogP contribution in [0.2, 0.25) is 0 Å². The first-order chi connectivity index (χ1) is 8.31. The SMILES string of the molecule is [NH]CCC(c1cccc(F)c1)N1CCOCC1. The molecule has 0 saturated carbocycles. The predicted molar refractivity (Wildman–Crippen MR) is 64.1 cm³/mol. The maximum absolute atomic E-state index is 13.2. The zero-order valence-corrected chi connectivity index (χ0v) is 9.86. The second-order valence-corrected chi connectivity index (χ2v) is 4.26. The maximum atomic E-state index is 13.2. The molecule has 1 atom stereocenters. The Balaban J connectivity index is 2.15. The Labute approximate surface area is 101 Å². The molecular weight excluding hydrogens is 219 g/mol. The summed E-state index contributed by atoms with van der Waals surface area (Å²) in [5, 5.41) is 0. The summed E-state index contributed by atoms with van der Waals surface area (Å²) >= 11 is 0. The molecule has 1 aliphatic heterocycles. The number of halogens is 1. The third-order valence-electron chi connectivity index (χ3n) is 3.14. The molecule has 0 aliphatic carbocycles. The van der Waals surface area contributed by atoms with E-state index < -0.39 is 0 Å². The lowest BCUT2D eigenvalue weighted by Gasteiger charge is -2.34. The van der Waals surface area contributed by atoms with Gasteiger partial charge in [0.2, 0.25) is 0 Å². The fourth-order valence-corrected chi connectivity index (χ4v) is 2.30. The molecule has 0 amide bonds. The molecule has 1 N–H and O–H groups in total. The highest BCUT2D eigenvalue weighted by molar-refractivity contribution is 5.20. The van der Waals surface area contributed by atoms with Crippen LogP contribution in [0.3, 0.4) is 0 Å². The van der Waals surface area contributed by atoms with Gasteiger partial charge in [-0.2, -0.15) is 0 Å². The molecule has 1 radical (unpaired) electrons. The lowest BCUT2D eigenvalue weighted by Crippen LogP contribution is -2.39. The van der Waals surface area contributed by atoms with Crippen molar-refractivity contribution in [3.8, 4) is 0 Å². The van der Waals surface area contributed by atoms with Gasteiger partial charge < -0.3 is 4.74 Å². The van der Waals surface area contributed by atoms with E-state index in [-0.39, 0.29) is 11.9 Å². The minimum absolute atomic E-state index is 0.145. The maximum Gasteiger partial charge on any atom is 0.123 e. The van der Waals surface area contributed by atoms with Crippen LogP contribution in [0.4, 0.5) is 4.39 Å². The molecule has 2 rings (SSSR count). The second kappa shape index (κ2) is 6.10. The first-order valence-electron chi connectivity index (χ1n) is 6.03. The molecule has 1 heterocycles. The molecule has 17 heavy (non-hydrogen) atoms. The molecule has 93 valence electrons. The Morgan fingerprint density at radius 1 is 1.35 bits per heavy atom. The molecule has 0 aromatic heterocycles. The molecule has 1 aromatic rings. The van der Waals surface area contributed by atoms with Gasteiger partial charge in [0.25, 0.3) is 0 Å². The molecule has 1 fully saturated rings. The number of benzene rings is 1. The number of ether oxygens (including phenoxy) is 1. The van der Waals surface area contributed by atoms with Crippen LogP contribution in [0.15, 0.2) is 24.3 Å². The van der Waals surface area contributed by atoms with Crippen molar-refractivity contribution in [2.45, 2.75) is 12.5 Å². The summed E-state index contributed by atoms with van der Waals surface area (Å²) in [6.45, 7) is 3.54. The van der Waals surface area contributed by atoms with Crippen LogP contribution < -0.4 is 5.73 Å². The summed E-state index contributed by atoms with van der Waals surface area (Å²) in [7, 11) is 0. The number of rotatable bonds is 4. The Morgan fingerprint density at radius 2 is 2.12 bits per heavy atom. The van der Waals surface area contributed by atoms with Gasteiger partial charge in [0.1, 0.15) is 5.82 Å². The van der Waals surface area contributed by atoms with Crippen LogP contribution in [0.25, 0.3) is 0 Å². The lowest BCUT2D eigenvalue weighted by molar-refractivity contribution is 0.0146. The van der Waals surface area contributed by atoms with Gasteiger partial charge in [0.15, 0.2) is 0 Å². The van der Waals surface area contributed by atoms with Crippen molar-refractivity contribution in [2.24, 2.45) is 0 Å². The number of nitrogens with one attached hydrogen (secondary N) is 1. The molecule has 1 unspecified atom stereocenters. The largest absolute Gasteiger partial charge is 0.379 e. The van der Waals surface area contributed by atoms with Gasteiger partial charge in [0.05, 0.1) is 13.2 Å². The van der Waals surface area contributed by atoms with Crippen molar-refractivity contribution in [1.29, 1.82) is 0 Å². The summed E-state index contributed by atoms with van der Waals surface area (Å²) in [4.78, 5) is 2.28. The van der Waals surface area contributed by atoms with E-state index >= 15 is 0 Å². The number of morpholine rings is 1. The van der Waals surface area contributed by atoms with Crippen molar-refractivity contribution < 1.29 is 9.13 Å². The quantitative estimate of drug-likeness (QED) is 0.801. The molecule has 0 spiro atoms. The van der Waals surface area contributed by atoms with Crippen molar-refractivity contribution in [3.63, 3.8) is 0 Å². The summed E-state index contributed by atoms with van der Waals surface area (Å²) < 4.78 is 18.6. The van der Waals surface area contributed by atoms with Crippen LogP contribution in [-0.2, 0) is 4.74 Å². The summed E-state index contributed by atoms with van der Waals surface area (Å²) in [6.07, 6.45) is 0.740. The number of hydrogen-bond acceptors (Lipinski definition) is 2. The lowest BCUT2D eigenvalue weighted by atomic mass is 10.0.